The first-order chi connectivity index (χ1) is 22.4. The van der Waals surface area contributed by atoms with E-state index in [-0.39, 0.29) is 54.5 Å². The Kier molecular flexibility index (Phi) is 10.9. The summed E-state index contributed by atoms with van der Waals surface area (Å²) in [6, 6.07) is 26.3. The highest BCUT2D eigenvalue weighted by Gasteiger charge is 2.32. The number of hydrogen-bond acceptors (Lipinski definition) is 8. The highest BCUT2D eigenvalue weighted by Crippen LogP contribution is 2.33. The molecule has 0 saturated carbocycles. The fourth-order valence-corrected chi connectivity index (χ4v) is 5.52. The van der Waals surface area contributed by atoms with Crippen molar-refractivity contribution in [1.82, 2.24) is 15.6 Å². The Morgan fingerprint density at radius 1 is 0.913 bits per heavy atom. The number of benzene rings is 3. The maximum absolute atomic E-state index is 13.6. The summed E-state index contributed by atoms with van der Waals surface area (Å²) < 4.78 is 10.8. The van der Waals surface area contributed by atoms with E-state index in [0.29, 0.717) is 25.9 Å². The molecule has 4 aromatic rings. The summed E-state index contributed by atoms with van der Waals surface area (Å²) in [6.07, 6.45) is 1.95. The lowest BCUT2D eigenvalue weighted by atomic mass is 9.91. The number of ether oxygens (including phenoxy) is 1. The van der Waals surface area contributed by atoms with Gasteiger partial charge in [-0.1, -0.05) is 85.8 Å². The number of aromatic nitrogens is 1. The van der Waals surface area contributed by atoms with E-state index >= 15 is 0 Å². The van der Waals surface area contributed by atoms with Crippen molar-refractivity contribution >= 4 is 29.3 Å². The predicted octanol–water partition coefficient (Wildman–Crippen LogP) is 5.88. The molecule has 0 saturated heterocycles. The molecule has 3 unspecified atom stereocenters. The Bertz CT molecular complexity index is 1640. The van der Waals surface area contributed by atoms with Gasteiger partial charge < -0.3 is 25.1 Å². The van der Waals surface area contributed by atoms with E-state index < -0.39 is 17.9 Å². The van der Waals surface area contributed by atoms with E-state index in [4.69, 9.17) is 9.15 Å². The first-order valence-corrected chi connectivity index (χ1v) is 15.5. The summed E-state index contributed by atoms with van der Waals surface area (Å²) in [4.78, 5) is 55.8. The molecule has 3 aromatic carbocycles. The summed E-state index contributed by atoms with van der Waals surface area (Å²) in [5.41, 5.74) is 3.59. The average Bonchev–Trinajstić information content (AvgIpc) is 3.74. The summed E-state index contributed by atoms with van der Waals surface area (Å²) in [7, 11) is 0. The van der Waals surface area contributed by atoms with Gasteiger partial charge in [-0.3, -0.25) is 14.4 Å². The van der Waals surface area contributed by atoms with Crippen LogP contribution in [-0.2, 0) is 16.1 Å². The van der Waals surface area contributed by atoms with Crippen molar-refractivity contribution < 1.29 is 28.3 Å². The second-order valence-corrected chi connectivity index (χ2v) is 11.5. The maximum atomic E-state index is 13.6. The number of anilines is 1. The van der Waals surface area contributed by atoms with Gasteiger partial charge in [0.15, 0.2) is 5.78 Å². The van der Waals surface area contributed by atoms with Gasteiger partial charge in [-0.25, -0.2) is 9.78 Å². The van der Waals surface area contributed by atoms with Crippen LogP contribution in [0.5, 0.6) is 0 Å². The van der Waals surface area contributed by atoms with Crippen molar-refractivity contribution in [2.45, 2.75) is 44.6 Å². The zero-order valence-electron chi connectivity index (χ0n) is 25.7. The summed E-state index contributed by atoms with van der Waals surface area (Å²) in [5, 5.41) is 8.87. The van der Waals surface area contributed by atoms with Gasteiger partial charge >= 0.3 is 6.09 Å². The Balaban J connectivity index is 1.09. The number of alkyl carbamates (subject to hydrolysis) is 1. The largest absolute Gasteiger partial charge is 0.445 e. The Morgan fingerprint density at radius 3 is 2.39 bits per heavy atom. The SMILES string of the molecule is CC(CCNC(=O)OCc1ccccc1)CC(=O)NCCC(C(=O)c1nc(C(=O)C2CNc3ccccc32)co1)c1ccccc1. The van der Waals surface area contributed by atoms with Crippen LogP contribution < -0.4 is 16.0 Å². The number of ketones is 2. The topological polar surface area (TPSA) is 140 Å². The van der Waals surface area contributed by atoms with Crippen LogP contribution in [-0.4, -0.2) is 48.2 Å². The van der Waals surface area contributed by atoms with Crippen molar-refractivity contribution in [1.29, 1.82) is 0 Å². The molecule has 5 rings (SSSR count). The van der Waals surface area contributed by atoms with Crippen molar-refractivity contribution in [2.75, 3.05) is 25.0 Å². The highest BCUT2D eigenvalue weighted by molar-refractivity contribution is 6.03. The molecule has 3 atom stereocenters. The molecule has 2 amide bonds. The van der Waals surface area contributed by atoms with Crippen LogP contribution in [0.4, 0.5) is 10.5 Å². The van der Waals surface area contributed by atoms with Crippen LogP contribution in [0.25, 0.3) is 0 Å². The Hall–Kier alpha value is -5.25. The second-order valence-electron chi connectivity index (χ2n) is 11.5. The first-order valence-electron chi connectivity index (χ1n) is 15.5. The van der Waals surface area contributed by atoms with E-state index in [2.05, 4.69) is 20.9 Å². The van der Waals surface area contributed by atoms with Crippen LogP contribution in [0.2, 0.25) is 0 Å². The maximum Gasteiger partial charge on any atom is 0.407 e. The van der Waals surface area contributed by atoms with E-state index in [0.717, 1.165) is 22.4 Å². The minimum Gasteiger partial charge on any atom is -0.445 e. The van der Waals surface area contributed by atoms with Gasteiger partial charge in [0.25, 0.3) is 5.89 Å². The third-order valence-corrected chi connectivity index (χ3v) is 8.04. The molecule has 10 heteroatoms. The number of nitrogens with one attached hydrogen (secondary N) is 3. The van der Waals surface area contributed by atoms with Crippen molar-refractivity contribution in [3.63, 3.8) is 0 Å². The predicted molar refractivity (Wildman–Crippen MR) is 173 cm³/mol. The van der Waals surface area contributed by atoms with Gasteiger partial charge in [0.1, 0.15) is 18.6 Å². The second kappa shape index (κ2) is 15.7. The molecular formula is C36H38N4O6. The van der Waals surface area contributed by atoms with Gasteiger partial charge in [-0.15, -0.1) is 0 Å². The fraction of sp³-hybridized carbons (Fsp3) is 0.306. The van der Waals surface area contributed by atoms with E-state index in [1.165, 1.54) is 6.26 Å². The lowest BCUT2D eigenvalue weighted by Crippen LogP contribution is -2.30. The van der Waals surface area contributed by atoms with E-state index in [1.54, 1.807) is 0 Å². The third-order valence-electron chi connectivity index (χ3n) is 8.04. The van der Waals surface area contributed by atoms with Crippen LogP contribution in [0.3, 0.4) is 0 Å². The monoisotopic (exact) mass is 622 g/mol. The molecular weight excluding hydrogens is 584 g/mol. The number of carbonyl (C=O) groups excluding carboxylic acids is 4. The zero-order valence-corrected chi connectivity index (χ0v) is 25.7. The molecule has 0 radical (unpaired) electrons. The lowest BCUT2D eigenvalue weighted by molar-refractivity contribution is -0.121. The number of carbonyl (C=O) groups is 4. The Morgan fingerprint density at radius 2 is 1.61 bits per heavy atom. The summed E-state index contributed by atoms with van der Waals surface area (Å²) in [5.74, 6) is -1.86. The van der Waals surface area contributed by atoms with Crippen LogP contribution >= 0.6 is 0 Å². The van der Waals surface area contributed by atoms with Gasteiger partial charge in [0, 0.05) is 31.7 Å². The molecule has 1 aromatic heterocycles. The zero-order chi connectivity index (χ0) is 32.3. The number of para-hydroxylation sites is 1. The number of Topliss-reactive ketones (excluding diaryl/α,β-unsaturated/α-hetero) is 2. The van der Waals surface area contributed by atoms with Gasteiger partial charge in [-0.05, 0) is 41.5 Å². The quantitative estimate of drug-likeness (QED) is 0.140. The third kappa shape index (κ3) is 8.47. The molecule has 0 spiro atoms. The molecule has 0 bridgehead atoms. The highest BCUT2D eigenvalue weighted by atomic mass is 16.5. The normalized spacial score (nSPS) is 14.8. The minimum atomic E-state index is -0.625. The summed E-state index contributed by atoms with van der Waals surface area (Å²) >= 11 is 0. The number of oxazole rings is 1. The lowest BCUT2D eigenvalue weighted by Gasteiger charge is -2.16. The first kappa shape index (κ1) is 32.2. The number of fused-ring (bicyclic) bond motifs is 1. The van der Waals surface area contributed by atoms with Crippen molar-refractivity contribution in [3.05, 3.63) is 119 Å². The molecule has 3 N–H and O–H groups in total. The molecule has 1 aliphatic heterocycles. The minimum absolute atomic E-state index is 0.0197. The molecule has 1 aliphatic rings. The van der Waals surface area contributed by atoms with Crippen LogP contribution in [0.15, 0.2) is 95.6 Å². The van der Waals surface area contributed by atoms with Gasteiger partial charge in [-0.2, -0.15) is 0 Å². The molecule has 0 aliphatic carbocycles. The smallest absolute Gasteiger partial charge is 0.407 e. The van der Waals surface area contributed by atoms with Crippen LogP contribution in [0.1, 0.15) is 75.9 Å². The molecule has 46 heavy (non-hydrogen) atoms. The van der Waals surface area contributed by atoms with Crippen LogP contribution in [0, 0.1) is 5.92 Å². The fourth-order valence-electron chi connectivity index (χ4n) is 5.52. The Labute approximate surface area is 267 Å². The van der Waals surface area contributed by atoms with Crippen molar-refractivity contribution in [3.8, 4) is 0 Å². The molecule has 238 valence electrons. The molecule has 2 heterocycles. The van der Waals surface area contributed by atoms with Gasteiger partial charge in [0.05, 0.1) is 11.8 Å². The van der Waals surface area contributed by atoms with E-state index in [9.17, 15) is 19.2 Å². The molecule has 10 nitrogen and oxygen atoms in total. The van der Waals surface area contributed by atoms with E-state index in [1.807, 2.05) is 91.9 Å². The number of rotatable bonds is 15. The van der Waals surface area contributed by atoms with Crippen molar-refractivity contribution in [2.24, 2.45) is 5.92 Å². The number of nitrogens with zero attached hydrogens (tertiary/aromatic N) is 1. The number of amides is 2. The molecule has 0 fully saturated rings. The average molecular weight is 623 g/mol. The van der Waals surface area contributed by atoms with Gasteiger partial charge in [0.2, 0.25) is 11.7 Å². The standard InChI is InChI=1S/C36H38N4O6/c1-24(16-18-38-36(44)46-22-25-10-4-2-5-11-25)20-32(41)37-19-17-27(26-12-6-3-7-13-26)34(43)35-40-31(23-45-35)33(42)29-21-39-30-15-9-8-14-28(29)30/h2-15,23-24,27,29,39H,16-22H2,1H3,(H,37,41)(H,38,44). The summed E-state index contributed by atoms with van der Waals surface area (Å²) in [6.45, 7) is 3.24. The number of hydrogen-bond donors (Lipinski definition) is 3.